The number of nitrogens with zero attached hydrogens (tertiary/aromatic N) is 2. The number of piperidine rings is 1. The lowest BCUT2D eigenvalue weighted by Gasteiger charge is -2.42. The van der Waals surface area contributed by atoms with E-state index >= 15 is 0 Å². The first-order chi connectivity index (χ1) is 11.1. The number of carbonyl (C=O) groups is 1. The Morgan fingerprint density at radius 1 is 1.29 bits per heavy atom. The van der Waals surface area contributed by atoms with Gasteiger partial charge in [0, 0.05) is 26.2 Å². The fourth-order valence-corrected chi connectivity index (χ4v) is 3.34. The second-order valence-electron chi connectivity index (χ2n) is 8.22. The summed E-state index contributed by atoms with van der Waals surface area (Å²) in [6.45, 7) is 8.48. The summed E-state index contributed by atoms with van der Waals surface area (Å²) in [5, 5.41) is 10.9. The number of aliphatic hydroxyl groups is 1. The molecule has 24 heavy (non-hydrogen) atoms. The third-order valence-corrected chi connectivity index (χ3v) is 4.27. The van der Waals surface area contributed by atoms with Crippen molar-refractivity contribution < 1.29 is 14.3 Å². The van der Waals surface area contributed by atoms with Crippen molar-refractivity contribution in [1.82, 2.24) is 9.80 Å². The van der Waals surface area contributed by atoms with Crippen molar-refractivity contribution in [2.24, 2.45) is 5.41 Å². The zero-order valence-electron chi connectivity index (χ0n) is 15.2. The Hall–Kier alpha value is -1.46. The molecule has 1 aliphatic rings. The van der Waals surface area contributed by atoms with Gasteiger partial charge in [0.15, 0.2) is 5.60 Å². The number of hydrogen-bond donors (Lipinski definition) is 1. The molecule has 0 bridgehead atoms. The van der Waals surface area contributed by atoms with Crippen LogP contribution in [0.4, 0.5) is 4.39 Å². The van der Waals surface area contributed by atoms with Gasteiger partial charge in [-0.1, -0.05) is 32.9 Å². The second-order valence-corrected chi connectivity index (χ2v) is 8.22. The molecule has 1 heterocycles. The molecule has 1 N–H and O–H groups in total. The Morgan fingerprint density at radius 3 is 2.50 bits per heavy atom. The molecule has 1 aliphatic heterocycles. The Bertz CT molecular complexity index is 568. The highest BCUT2D eigenvalue weighted by atomic mass is 19.1. The van der Waals surface area contributed by atoms with Gasteiger partial charge in [-0.3, -0.25) is 9.69 Å². The number of benzene rings is 1. The molecule has 1 aromatic rings. The van der Waals surface area contributed by atoms with Crippen molar-refractivity contribution in [3.8, 4) is 0 Å². The number of likely N-dealkylation sites (N-methyl/N-ethyl adjacent to an activating group) is 1. The van der Waals surface area contributed by atoms with E-state index in [1.54, 1.807) is 17.0 Å². The van der Waals surface area contributed by atoms with Gasteiger partial charge in [-0.15, -0.1) is 0 Å². The van der Waals surface area contributed by atoms with Gasteiger partial charge in [0.25, 0.3) is 5.91 Å². The summed E-state index contributed by atoms with van der Waals surface area (Å²) in [6.07, 6.45) is 1.29. The average Bonchev–Trinajstić information content (AvgIpc) is 2.45. The van der Waals surface area contributed by atoms with Crippen molar-refractivity contribution in [1.29, 1.82) is 0 Å². The van der Waals surface area contributed by atoms with Gasteiger partial charge in [-0.05, 0) is 43.0 Å². The normalized spacial score (nSPS) is 22.3. The minimum Gasteiger partial charge on any atom is -0.379 e. The van der Waals surface area contributed by atoms with E-state index in [1.807, 2.05) is 11.9 Å². The van der Waals surface area contributed by atoms with Gasteiger partial charge in [0.1, 0.15) is 5.82 Å². The molecular formula is C19H29FN2O2. The first-order valence-electron chi connectivity index (χ1n) is 8.54. The fraction of sp³-hybridized carbons (Fsp3) is 0.632. The molecule has 5 heteroatoms. The molecule has 1 atom stereocenters. The number of rotatable bonds is 5. The van der Waals surface area contributed by atoms with Crippen molar-refractivity contribution in [3.05, 3.63) is 35.6 Å². The minimum atomic E-state index is -1.34. The Kier molecular flexibility index (Phi) is 5.66. The van der Waals surface area contributed by atoms with E-state index in [0.29, 0.717) is 26.1 Å². The topological polar surface area (TPSA) is 43.8 Å². The molecule has 0 aromatic heterocycles. The zero-order chi connectivity index (χ0) is 18.0. The summed E-state index contributed by atoms with van der Waals surface area (Å²) >= 11 is 0. The van der Waals surface area contributed by atoms with Crippen molar-refractivity contribution in [2.75, 3.05) is 26.7 Å². The van der Waals surface area contributed by atoms with Crippen LogP contribution in [0.5, 0.6) is 0 Å². The minimum absolute atomic E-state index is 0.00786. The quantitative estimate of drug-likeness (QED) is 0.899. The van der Waals surface area contributed by atoms with Gasteiger partial charge in [-0.25, -0.2) is 4.39 Å². The molecular weight excluding hydrogens is 307 g/mol. The molecule has 0 aliphatic carbocycles. The van der Waals surface area contributed by atoms with Crippen LogP contribution in [0.3, 0.4) is 0 Å². The molecule has 1 fully saturated rings. The van der Waals surface area contributed by atoms with Gasteiger partial charge in [0.2, 0.25) is 0 Å². The number of amides is 1. The molecule has 2 rings (SSSR count). The second kappa shape index (κ2) is 7.19. The van der Waals surface area contributed by atoms with Crippen LogP contribution < -0.4 is 0 Å². The lowest BCUT2D eigenvalue weighted by atomic mass is 9.88. The molecule has 0 radical (unpaired) electrons. The van der Waals surface area contributed by atoms with Gasteiger partial charge >= 0.3 is 0 Å². The fourth-order valence-electron chi connectivity index (χ4n) is 3.34. The van der Waals surface area contributed by atoms with E-state index in [9.17, 15) is 14.3 Å². The predicted molar refractivity (Wildman–Crippen MR) is 93.0 cm³/mol. The highest BCUT2D eigenvalue weighted by molar-refractivity contribution is 5.86. The van der Waals surface area contributed by atoms with E-state index in [-0.39, 0.29) is 23.7 Å². The Balaban J connectivity index is 2.00. The summed E-state index contributed by atoms with van der Waals surface area (Å²) in [7, 11) is 1.87. The standard InChI is InChI=1S/C19H29FN2O2/c1-18(2,3)13-22-11-5-10-19(24,17(22)23)14-21(4)12-15-6-8-16(20)9-7-15/h6-9,24H,5,10-14H2,1-4H3/t19-/m1/s1. The van der Waals surface area contributed by atoms with Crippen molar-refractivity contribution in [3.63, 3.8) is 0 Å². The summed E-state index contributed by atoms with van der Waals surface area (Å²) in [6, 6.07) is 6.30. The van der Waals surface area contributed by atoms with E-state index in [2.05, 4.69) is 20.8 Å². The molecule has 1 saturated heterocycles. The van der Waals surface area contributed by atoms with Crippen LogP contribution in [0.2, 0.25) is 0 Å². The van der Waals surface area contributed by atoms with Gasteiger partial charge in [-0.2, -0.15) is 0 Å². The first kappa shape index (κ1) is 18.9. The Labute approximate surface area is 144 Å². The highest BCUT2D eigenvalue weighted by Gasteiger charge is 2.43. The van der Waals surface area contributed by atoms with E-state index in [4.69, 9.17) is 0 Å². The number of carbonyl (C=O) groups excluding carboxylic acids is 1. The largest absolute Gasteiger partial charge is 0.379 e. The highest BCUT2D eigenvalue weighted by Crippen LogP contribution is 2.27. The van der Waals surface area contributed by atoms with Gasteiger partial charge in [0.05, 0.1) is 0 Å². The average molecular weight is 336 g/mol. The van der Waals surface area contributed by atoms with E-state index in [1.165, 1.54) is 12.1 Å². The Morgan fingerprint density at radius 2 is 1.92 bits per heavy atom. The van der Waals surface area contributed by atoms with Crippen LogP contribution in [-0.4, -0.2) is 53.1 Å². The summed E-state index contributed by atoms with van der Waals surface area (Å²) in [4.78, 5) is 16.5. The molecule has 0 saturated carbocycles. The SMILES string of the molecule is CN(Cc1ccc(F)cc1)C[C@]1(O)CCCN(CC(C)(C)C)C1=O. The lowest BCUT2D eigenvalue weighted by Crippen LogP contribution is -2.59. The monoisotopic (exact) mass is 336 g/mol. The van der Waals surface area contributed by atoms with Crippen LogP contribution >= 0.6 is 0 Å². The smallest absolute Gasteiger partial charge is 0.255 e. The molecule has 4 nitrogen and oxygen atoms in total. The maximum Gasteiger partial charge on any atom is 0.255 e. The van der Waals surface area contributed by atoms with Crippen LogP contribution in [-0.2, 0) is 11.3 Å². The van der Waals surface area contributed by atoms with Crippen LogP contribution in [0.1, 0.15) is 39.2 Å². The number of likely N-dealkylation sites (tertiary alicyclic amines) is 1. The summed E-state index contributed by atoms with van der Waals surface area (Å²) < 4.78 is 13.0. The molecule has 0 unspecified atom stereocenters. The summed E-state index contributed by atoms with van der Waals surface area (Å²) in [5.74, 6) is -0.435. The maximum atomic E-state index is 13.0. The predicted octanol–water partition coefficient (Wildman–Crippen LogP) is 2.66. The third kappa shape index (κ3) is 5.02. The van der Waals surface area contributed by atoms with Crippen LogP contribution in [0, 0.1) is 11.2 Å². The first-order valence-corrected chi connectivity index (χ1v) is 8.54. The molecule has 134 valence electrons. The zero-order valence-corrected chi connectivity index (χ0v) is 15.2. The maximum absolute atomic E-state index is 13.0. The van der Waals surface area contributed by atoms with Crippen LogP contribution in [0.25, 0.3) is 0 Å². The van der Waals surface area contributed by atoms with Gasteiger partial charge < -0.3 is 10.0 Å². The van der Waals surface area contributed by atoms with Crippen molar-refractivity contribution in [2.45, 2.75) is 45.8 Å². The van der Waals surface area contributed by atoms with Crippen molar-refractivity contribution >= 4 is 5.91 Å². The number of halogens is 1. The summed E-state index contributed by atoms with van der Waals surface area (Å²) in [5.41, 5.74) is -0.371. The number of hydrogen-bond acceptors (Lipinski definition) is 3. The van der Waals surface area contributed by atoms with Crippen LogP contribution in [0.15, 0.2) is 24.3 Å². The molecule has 1 amide bonds. The molecule has 1 aromatic carbocycles. The molecule has 0 spiro atoms. The van der Waals surface area contributed by atoms with E-state index < -0.39 is 5.60 Å². The lowest BCUT2D eigenvalue weighted by molar-refractivity contribution is -0.160. The van der Waals surface area contributed by atoms with E-state index in [0.717, 1.165) is 12.0 Å². The third-order valence-electron chi connectivity index (χ3n) is 4.27.